The van der Waals surface area contributed by atoms with Crippen molar-refractivity contribution in [1.29, 1.82) is 0 Å². The lowest BCUT2D eigenvalue weighted by atomic mass is 10.1. The first-order chi connectivity index (χ1) is 14.7. The fourth-order valence-electron chi connectivity index (χ4n) is 3.70. The topological polar surface area (TPSA) is 103 Å². The molecule has 4 aromatic rings. The summed E-state index contributed by atoms with van der Waals surface area (Å²) in [4.78, 5) is 18.2. The largest absolute Gasteiger partial charge is 0.467 e. The molecule has 1 aliphatic rings. The number of non-ortho nitro benzene ring substituents is 1. The van der Waals surface area contributed by atoms with E-state index >= 15 is 0 Å². The lowest BCUT2D eigenvalue weighted by Crippen LogP contribution is -2.22. The summed E-state index contributed by atoms with van der Waals surface area (Å²) >= 11 is 1.44. The Bertz CT molecular complexity index is 1200. The molecule has 0 aliphatic carbocycles. The van der Waals surface area contributed by atoms with Gasteiger partial charge in [0.2, 0.25) is 5.95 Å². The third-order valence-electron chi connectivity index (χ3n) is 5.13. The highest BCUT2D eigenvalue weighted by atomic mass is 32.2. The molecule has 0 unspecified atom stereocenters. The summed E-state index contributed by atoms with van der Waals surface area (Å²) < 4.78 is 7.60. The van der Waals surface area contributed by atoms with Gasteiger partial charge in [0, 0.05) is 41.8 Å². The SMILES string of the molecule is O=[N+]([O-])c1ccc(Sc2nnc(N3CCCC3)n2Cc2ccco2)c2ccncc12. The lowest BCUT2D eigenvalue weighted by molar-refractivity contribution is -0.383. The van der Waals surface area contributed by atoms with E-state index in [2.05, 4.69) is 20.1 Å². The molecular weight excluding hydrogens is 404 g/mol. The normalized spacial score (nSPS) is 13.9. The molecule has 0 atom stereocenters. The maximum absolute atomic E-state index is 11.4. The third kappa shape index (κ3) is 3.39. The van der Waals surface area contributed by atoms with Gasteiger partial charge in [-0.2, -0.15) is 0 Å². The number of furan rings is 1. The van der Waals surface area contributed by atoms with Crippen molar-refractivity contribution in [2.45, 2.75) is 29.4 Å². The van der Waals surface area contributed by atoms with Gasteiger partial charge in [0.25, 0.3) is 5.69 Å². The molecule has 30 heavy (non-hydrogen) atoms. The summed E-state index contributed by atoms with van der Waals surface area (Å²) in [6, 6.07) is 8.85. The second-order valence-corrected chi connectivity index (χ2v) is 8.01. The molecule has 0 amide bonds. The van der Waals surface area contributed by atoms with Crippen molar-refractivity contribution in [3.05, 3.63) is 64.9 Å². The Morgan fingerprint density at radius 2 is 2.00 bits per heavy atom. The molecular formula is C20H18N6O3S. The van der Waals surface area contributed by atoms with Crippen LogP contribution in [0.3, 0.4) is 0 Å². The molecule has 5 rings (SSSR count). The maximum atomic E-state index is 11.4. The Labute approximate surface area is 175 Å². The summed E-state index contributed by atoms with van der Waals surface area (Å²) in [5.74, 6) is 1.63. The summed E-state index contributed by atoms with van der Waals surface area (Å²) in [7, 11) is 0. The molecule has 0 spiro atoms. The van der Waals surface area contributed by atoms with Crippen LogP contribution in [0, 0.1) is 10.1 Å². The minimum Gasteiger partial charge on any atom is -0.467 e. The Kier molecular flexibility index (Phi) is 4.83. The van der Waals surface area contributed by atoms with Crippen molar-refractivity contribution in [3.63, 3.8) is 0 Å². The zero-order valence-electron chi connectivity index (χ0n) is 16.0. The van der Waals surface area contributed by atoms with Gasteiger partial charge in [0.05, 0.1) is 23.1 Å². The highest BCUT2D eigenvalue weighted by molar-refractivity contribution is 7.99. The van der Waals surface area contributed by atoms with Gasteiger partial charge in [-0.15, -0.1) is 10.2 Å². The Morgan fingerprint density at radius 1 is 1.13 bits per heavy atom. The lowest BCUT2D eigenvalue weighted by Gasteiger charge is -2.17. The van der Waals surface area contributed by atoms with Crippen LogP contribution in [0.15, 0.2) is 63.5 Å². The molecule has 4 heterocycles. The first kappa shape index (κ1) is 18.6. The van der Waals surface area contributed by atoms with Crippen LogP contribution in [0.25, 0.3) is 10.8 Å². The quantitative estimate of drug-likeness (QED) is 0.338. The second kappa shape index (κ2) is 7.79. The predicted octanol–water partition coefficient (Wildman–Crippen LogP) is 4.13. The van der Waals surface area contributed by atoms with Crippen LogP contribution in [0.1, 0.15) is 18.6 Å². The van der Waals surface area contributed by atoms with Crippen LogP contribution in [0.2, 0.25) is 0 Å². The van der Waals surface area contributed by atoms with Crippen LogP contribution in [-0.4, -0.2) is 37.8 Å². The maximum Gasteiger partial charge on any atom is 0.278 e. The number of rotatable bonds is 6. The van der Waals surface area contributed by atoms with Gasteiger partial charge in [-0.1, -0.05) is 0 Å². The number of fused-ring (bicyclic) bond motifs is 1. The molecule has 0 saturated carbocycles. The van der Waals surface area contributed by atoms with Crippen LogP contribution in [0.4, 0.5) is 11.6 Å². The number of nitro groups is 1. The first-order valence-electron chi connectivity index (χ1n) is 9.60. The molecule has 0 N–H and O–H groups in total. The molecule has 3 aromatic heterocycles. The van der Waals surface area contributed by atoms with Gasteiger partial charge in [-0.25, -0.2) is 0 Å². The van der Waals surface area contributed by atoms with E-state index in [0.29, 0.717) is 17.1 Å². The standard InChI is InChI=1S/C20H18N6O3S/c27-26(28)17-5-6-18(15-7-8-21-12-16(15)17)30-20-23-22-19(24-9-1-2-10-24)25(20)13-14-4-3-11-29-14/h3-8,11-12H,1-2,9-10,13H2. The Hall–Kier alpha value is -3.40. The minimum absolute atomic E-state index is 0.0391. The molecule has 0 radical (unpaired) electrons. The number of pyridine rings is 1. The number of anilines is 1. The summed E-state index contributed by atoms with van der Waals surface area (Å²) in [6.45, 7) is 2.42. The average molecular weight is 422 g/mol. The zero-order chi connectivity index (χ0) is 20.5. The van der Waals surface area contributed by atoms with Crippen molar-refractivity contribution in [3.8, 4) is 0 Å². The van der Waals surface area contributed by atoms with E-state index in [0.717, 1.165) is 47.9 Å². The third-order valence-corrected chi connectivity index (χ3v) is 6.19. The highest BCUT2D eigenvalue weighted by Gasteiger charge is 2.23. The van der Waals surface area contributed by atoms with Gasteiger partial charge >= 0.3 is 0 Å². The fraction of sp³-hybridized carbons (Fsp3) is 0.250. The van der Waals surface area contributed by atoms with Crippen molar-refractivity contribution in [1.82, 2.24) is 19.7 Å². The van der Waals surface area contributed by atoms with Crippen LogP contribution in [-0.2, 0) is 6.54 Å². The number of nitro benzene ring substituents is 1. The summed E-state index contributed by atoms with van der Waals surface area (Å²) in [6.07, 6.45) is 7.09. The summed E-state index contributed by atoms with van der Waals surface area (Å²) in [5.41, 5.74) is 0.0391. The number of nitrogens with zero attached hydrogens (tertiary/aromatic N) is 6. The van der Waals surface area contributed by atoms with Crippen LogP contribution >= 0.6 is 11.8 Å². The second-order valence-electron chi connectivity index (χ2n) is 7.01. The van der Waals surface area contributed by atoms with Gasteiger partial charge in [-0.05, 0) is 48.9 Å². The first-order valence-corrected chi connectivity index (χ1v) is 10.4. The number of hydrogen-bond acceptors (Lipinski definition) is 8. The van der Waals surface area contributed by atoms with E-state index in [9.17, 15) is 10.1 Å². The van der Waals surface area contributed by atoms with Crippen molar-refractivity contribution in [2.75, 3.05) is 18.0 Å². The smallest absolute Gasteiger partial charge is 0.278 e. The molecule has 1 fully saturated rings. The van der Waals surface area contributed by atoms with Gasteiger partial charge < -0.3 is 9.32 Å². The molecule has 1 saturated heterocycles. The minimum atomic E-state index is -0.386. The van der Waals surface area contributed by atoms with Crippen molar-refractivity contribution < 1.29 is 9.34 Å². The Morgan fingerprint density at radius 3 is 2.77 bits per heavy atom. The summed E-state index contributed by atoms with van der Waals surface area (Å²) in [5, 5.41) is 22.3. The molecule has 152 valence electrons. The molecule has 10 heteroatoms. The van der Waals surface area contributed by atoms with E-state index < -0.39 is 0 Å². The van der Waals surface area contributed by atoms with Crippen LogP contribution in [0.5, 0.6) is 0 Å². The van der Waals surface area contributed by atoms with E-state index in [1.54, 1.807) is 24.6 Å². The number of hydrogen-bond donors (Lipinski definition) is 0. The predicted molar refractivity (Wildman–Crippen MR) is 112 cm³/mol. The fourth-order valence-corrected chi connectivity index (χ4v) is 4.66. The van der Waals surface area contributed by atoms with E-state index in [1.165, 1.54) is 24.0 Å². The molecule has 0 bridgehead atoms. The Balaban J connectivity index is 1.56. The molecule has 1 aliphatic heterocycles. The number of aromatic nitrogens is 4. The number of benzene rings is 1. The van der Waals surface area contributed by atoms with Crippen molar-refractivity contribution >= 4 is 34.2 Å². The zero-order valence-corrected chi connectivity index (χ0v) is 16.8. The van der Waals surface area contributed by atoms with Crippen LogP contribution < -0.4 is 4.90 Å². The average Bonchev–Trinajstić information content (AvgIpc) is 3.51. The van der Waals surface area contributed by atoms with Gasteiger partial charge in [0.1, 0.15) is 5.76 Å². The van der Waals surface area contributed by atoms with Gasteiger partial charge in [-0.3, -0.25) is 19.7 Å². The van der Waals surface area contributed by atoms with Gasteiger partial charge in [0.15, 0.2) is 5.16 Å². The highest BCUT2D eigenvalue weighted by Crippen LogP contribution is 2.37. The van der Waals surface area contributed by atoms with E-state index in [1.807, 2.05) is 16.7 Å². The molecule has 1 aromatic carbocycles. The van der Waals surface area contributed by atoms with Crippen molar-refractivity contribution in [2.24, 2.45) is 0 Å². The van der Waals surface area contributed by atoms with E-state index in [4.69, 9.17) is 4.42 Å². The molecule has 9 nitrogen and oxygen atoms in total. The van der Waals surface area contributed by atoms with E-state index in [-0.39, 0.29) is 10.6 Å². The monoisotopic (exact) mass is 422 g/mol.